The lowest BCUT2D eigenvalue weighted by atomic mass is 9.84. The minimum Gasteiger partial charge on any atom is -0.317 e. The van der Waals surface area contributed by atoms with Crippen LogP contribution in [0.15, 0.2) is 0 Å². The van der Waals surface area contributed by atoms with Gasteiger partial charge < -0.3 is 10.2 Å². The number of rotatable bonds is 5. The fraction of sp³-hybridized carbons (Fsp3) is 1.00. The average molecular weight is 281 g/mol. The summed E-state index contributed by atoms with van der Waals surface area (Å²) in [6, 6.07) is 0.376. The van der Waals surface area contributed by atoms with E-state index in [0.29, 0.717) is 19.1 Å². The predicted molar refractivity (Wildman–Crippen MR) is 71.2 cm³/mol. The molecule has 3 nitrogen and oxygen atoms in total. The van der Waals surface area contributed by atoms with E-state index in [1.807, 2.05) is 7.05 Å². The van der Waals surface area contributed by atoms with Crippen molar-refractivity contribution in [3.05, 3.63) is 0 Å². The van der Waals surface area contributed by atoms with E-state index < -0.39 is 12.7 Å². The van der Waals surface area contributed by atoms with Gasteiger partial charge in [0.15, 0.2) is 0 Å². The molecule has 1 N–H and O–H groups in total. The van der Waals surface area contributed by atoms with E-state index in [4.69, 9.17) is 0 Å². The van der Waals surface area contributed by atoms with Crippen LogP contribution in [0.3, 0.4) is 0 Å². The zero-order chi connectivity index (χ0) is 14.7. The fourth-order valence-electron chi connectivity index (χ4n) is 2.46. The molecular formula is C13H26F3N3. The summed E-state index contributed by atoms with van der Waals surface area (Å²) in [6.45, 7) is 9.09. The van der Waals surface area contributed by atoms with Gasteiger partial charge in [0.05, 0.1) is 6.54 Å². The van der Waals surface area contributed by atoms with Crippen LogP contribution in [-0.4, -0.2) is 68.3 Å². The van der Waals surface area contributed by atoms with Crippen LogP contribution in [0.5, 0.6) is 0 Å². The molecule has 1 fully saturated rings. The molecule has 0 aromatic carbocycles. The Morgan fingerprint density at radius 3 is 1.79 bits per heavy atom. The van der Waals surface area contributed by atoms with Crippen molar-refractivity contribution in [2.75, 3.05) is 46.3 Å². The second kappa shape index (κ2) is 6.41. The smallest absolute Gasteiger partial charge is 0.317 e. The van der Waals surface area contributed by atoms with E-state index in [2.05, 4.69) is 31.0 Å². The summed E-state index contributed by atoms with van der Waals surface area (Å²) in [4.78, 5) is 3.76. The van der Waals surface area contributed by atoms with Gasteiger partial charge >= 0.3 is 6.18 Å². The largest absolute Gasteiger partial charge is 0.401 e. The molecule has 0 radical (unpaired) electrons. The maximum Gasteiger partial charge on any atom is 0.401 e. The summed E-state index contributed by atoms with van der Waals surface area (Å²) < 4.78 is 36.9. The number of nitrogens with one attached hydrogen (secondary N) is 1. The highest BCUT2D eigenvalue weighted by Crippen LogP contribution is 2.23. The molecule has 1 aliphatic heterocycles. The molecule has 0 saturated carbocycles. The van der Waals surface area contributed by atoms with Gasteiger partial charge in [0.2, 0.25) is 0 Å². The first-order chi connectivity index (χ1) is 8.64. The van der Waals surface area contributed by atoms with Gasteiger partial charge in [-0.3, -0.25) is 4.90 Å². The SMILES string of the molecule is CNC(C)C(C)(C)CN1CCN(CC(F)(F)F)CC1. The van der Waals surface area contributed by atoms with E-state index in [9.17, 15) is 13.2 Å². The number of hydrogen-bond donors (Lipinski definition) is 1. The Labute approximate surface area is 114 Å². The van der Waals surface area contributed by atoms with E-state index in [1.54, 1.807) is 0 Å². The lowest BCUT2D eigenvalue weighted by Crippen LogP contribution is -2.53. The predicted octanol–water partition coefficient (Wildman–Crippen LogP) is 1.80. The molecule has 1 saturated heterocycles. The van der Waals surface area contributed by atoms with Crippen LogP contribution in [0.1, 0.15) is 20.8 Å². The first kappa shape index (κ1) is 16.7. The van der Waals surface area contributed by atoms with Gasteiger partial charge in [0.25, 0.3) is 0 Å². The van der Waals surface area contributed by atoms with E-state index in [1.165, 1.54) is 4.90 Å². The van der Waals surface area contributed by atoms with Crippen LogP contribution in [-0.2, 0) is 0 Å². The van der Waals surface area contributed by atoms with Crippen molar-refractivity contribution in [2.24, 2.45) is 5.41 Å². The second-order valence-electron chi connectivity index (χ2n) is 6.17. The van der Waals surface area contributed by atoms with Crippen LogP contribution >= 0.6 is 0 Å². The highest BCUT2D eigenvalue weighted by molar-refractivity contribution is 4.85. The van der Waals surface area contributed by atoms with Gasteiger partial charge in [0, 0.05) is 38.8 Å². The first-order valence-electron chi connectivity index (χ1n) is 6.83. The van der Waals surface area contributed by atoms with Gasteiger partial charge in [-0.2, -0.15) is 13.2 Å². The second-order valence-corrected chi connectivity index (χ2v) is 6.17. The minimum atomic E-state index is -4.08. The Kier molecular flexibility index (Phi) is 5.65. The number of halogens is 3. The third kappa shape index (κ3) is 5.67. The summed E-state index contributed by atoms with van der Waals surface area (Å²) in [5.74, 6) is 0. The number of alkyl halides is 3. The van der Waals surface area contributed by atoms with Gasteiger partial charge in [-0.25, -0.2) is 0 Å². The molecule has 1 heterocycles. The lowest BCUT2D eigenvalue weighted by molar-refractivity contribution is -0.149. The highest BCUT2D eigenvalue weighted by atomic mass is 19.4. The molecule has 0 aromatic heterocycles. The van der Waals surface area contributed by atoms with Crippen molar-refractivity contribution in [3.8, 4) is 0 Å². The quantitative estimate of drug-likeness (QED) is 0.829. The van der Waals surface area contributed by atoms with Gasteiger partial charge in [-0.1, -0.05) is 13.8 Å². The topological polar surface area (TPSA) is 18.5 Å². The van der Waals surface area contributed by atoms with Crippen LogP contribution in [0.4, 0.5) is 13.2 Å². The van der Waals surface area contributed by atoms with E-state index in [-0.39, 0.29) is 5.41 Å². The molecule has 19 heavy (non-hydrogen) atoms. The van der Waals surface area contributed by atoms with Gasteiger partial charge in [-0.05, 0) is 19.4 Å². The summed E-state index contributed by atoms with van der Waals surface area (Å²) >= 11 is 0. The molecular weight excluding hydrogens is 255 g/mol. The van der Waals surface area contributed by atoms with Crippen molar-refractivity contribution in [1.82, 2.24) is 15.1 Å². The molecule has 114 valence electrons. The Hall–Kier alpha value is -0.330. The number of nitrogens with zero attached hydrogens (tertiary/aromatic N) is 2. The lowest BCUT2D eigenvalue weighted by Gasteiger charge is -2.41. The van der Waals surface area contributed by atoms with Crippen LogP contribution in [0.25, 0.3) is 0 Å². The first-order valence-corrected chi connectivity index (χ1v) is 6.83. The summed E-state index contributed by atoms with van der Waals surface area (Å²) in [5, 5.41) is 3.25. The van der Waals surface area contributed by atoms with Crippen molar-refractivity contribution >= 4 is 0 Å². The van der Waals surface area contributed by atoms with Gasteiger partial charge in [-0.15, -0.1) is 0 Å². The van der Waals surface area contributed by atoms with Crippen molar-refractivity contribution in [3.63, 3.8) is 0 Å². The zero-order valence-corrected chi connectivity index (χ0v) is 12.3. The van der Waals surface area contributed by atoms with Crippen molar-refractivity contribution in [2.45, 2.75) is 33.0 Å². The molecule has 0 spiro atoms. The highest BCUT2D eigenvalue weighted by Gasteiger charge is 2.33. The van der Waals surface area contributed by atoms with Crippen LogP contribution < -0.4 is 5.32 Å². The van der Waals surface area contributed by atoms with Crippen molar-refractivity contribution in [1.29, 1.82) is 0 Å². The van der Waals surface area contributed by atoms with Crippen LogP contribution in [0.2, 0.25) is 0 Å². The molecule has 0 bridgehead atoms. The molecule has 0 aliphatic carbocycles. The molecule has 1 rings (SSSR count). The molecule has 1 aliphatic rings. The Morgan fingerprint density at radius 1 is 1.00 bits per heavy atom. The Balaban J connectivity index is 2.38. The maximum absolute atomic E-state index is 12.3. The third-order valence-electron chi connectivity index (χ3n) is 4.10. The standard InChI is InChI=1S/C13H26F3N3/c1-11(17-4)12(2,3)9-18-5-7-19(8-6-18)10-13(14,15)16/h11,17H,5-10H2,1-4H3. The van der Waals surface area contributed by atoms with E-state index >= 15 is 0 Å². The van der Waals surface area contributed by atoms with Crippen LogP contribution in [0, 0.1) is 5.41 Å². The van der Waals surface area contributed by atoms with Gasteiger partial charge in [0.1, 0.15) is 0 Å². The number of hydrogen-bond acceptors (Lipinski definition) is 3. The summed E-state index contributed by atoms with van der Waals surface area (Å²) in [6.07, 6.45) is -4.08. The molecule has 6 heteroatoms. The minimum absolute atomic E-state index is 0.112. The molecule has 1 unspecified atom stereocenters. The molecule has 0 amide bonds. The maximum atomic E-state index is 12.3. The average Bonchev–Trinajstić information content (AvgIpc) is 2.28. The molecule has 1 atom stereocenters. The normalized spacial score (nSPS) is 21.6. The van der Waals surface area contributed by atoms with Crippen molar-refractivity contribution < 1.29 is 13.2 Å². The monoisotopic (exact) mass is 281 g/mol. The van der Waals surface area contributed by atoms with E-state index in [0.717, 1.165) is 19.6 Å². The summed E-state index contributed by atoms with van der Waals surface area (Å²) in [7, 11) is 1.94. The Bertz CT molecular complexity index is 271. The molecule has 0 aromatic rings. The Morgan fingerprint density at radius 2 is 1.42 bits per heavy atom. The summed E-state index contributed by atoms with van der Waals surface area (Å²) in [5.41, 5.74) is 0.112. The fourth-order valence-corrected chi connectivity index (χ4v) is 2.46. The number of piperazine rings is 1. The zero-order valence-electron chi connectivity index (χ0n) is 12.3. The third-order valence-corrected chi connectivity index (χ3v) is 4.10.